The van der Waals surface area contributed by atoms with Gasteiger partial charge in [0.1, 0.15) is 0 Å². The first kappa shape index (κ1) is 22.8. The number of aromatic nitrogens is 2. The van der Waals surface area contributed by atoms with E-state index in [1.54, 1.807) is 17.1 Å². The van der Waals surface area contributed by atoms with Crippen molar-refractivity contribution < 1.29 is 31.4 Å². The van der Waals surface area contributed by atoms with Crippen LogP contribution in [0.2, 0.25) is 0 Å². The number of nitrogens with zero attached hydrogens (tertiary/aromatic N) is 3. The van der Waals surface area contributed by atoms with Gasteiger partial charge in [-0.15, -0.1) is 0 Å². The second kappa shape index (κ2) is 7.67. The Bertz CT molecular complexity index is 967. The molecule has 33 heavy (non-hydrogen) atoms. The molecule has 1 aliphatic heterocycles. The summed E-state index contributed by atoms with van der Waals surface area (Å²) in [7, 11) is 0. The Balaban J connectivity index is 1.26. The van der Waals surface area contributed by atoms with Crippen LogP contribution in [-0.4, -0.2) is 39.0 Å². The van der Waals surface area contributed by atoms with E-state index in [0.717, 1.165) is 50.3 Å². The van der Waals surface area contributed by atoms with Crippen molar-refractivity contribution in [1.82, 2.24) is 9.78 Å². The van der Waals surface area contributed by atoms with Gasteiger partial charge < -0.3 is 0 Å². The summed E-state index contributed by atoms with van der Waals surface area (Å²) in [5, 5.41) is 36.2. The van der Waals surface area contributed by atoms with Crippen molar-refractivity contribution in [3.8, 4) is 6.07 Å². The summed E-state index contributed by atoms with van der Waals surface area (Å²) in [6.07, 6.45) is 13.2. The molecule has 2 heterocycles. The van der Waals surface area contributed by atoms with E-state index in [9.17, 15) is 15.5 Å². The summed E-state index contributed by atoms with van der Waals surface area (Å²) >= 11 is 0.189. The van der Waals surface area contributed by atoms with Crippen LogP contribution in [-0.2, 0) is 6.54 Å². The number of alkyl halides is 2. The summed E-state index contributed by atoms with van der Waals surface area (Å²) in [6.45, 7) is 7.14. The molecule has 0 aromatic carbocycles. The summed E-state index contributed by atoms with van der Waals surface area (Å²) in [5.74, 6) is 4.27. The second-order valence-electron chi connectivity index (χ2n) is 12.9. The normalized spacial score (nSPS) is 50.3. The first-order chi connectivity index (χ1) is 15.6. The van der Waals surface area contributed by atoms with Crippen LogP contribution in [0.1, 0.15) is 77.7 Å². The van der Waals surface area contributed by atoms with E-state index in [-0.39, 0.29) is 26.6 Å². The minimum absolute atomic E-state index is 0.189. The number of nitriles is 1. The zero-order valence-electron chi connectivity index (χ0n) is 20.3. The molecule has 4 saturated carbocycles. The fraction of sp³-hybridized carbons (Fsp3) is 0.852. The molecule has 4 aliphatic carbocycles. The fourth-order valence-corrected chi connectivity index (χ4v) is 13.8. The first-order valence-corrected chi connectivity index (χ1v) is 15.6. The van der Waals surface area contributed by atoms with Crippen molar-refractivity contribution in [2.75, 3.05) is 0 Å². The van der Waals surface area contributed by atoms with Gasteiger partial charge in [-0.3, -0.25) is 0 Å². The van der Waals surface area contributed by atoms with E-state index in [2.05, 4.69) is 31.9 Å². The molecule has 6 rings (SSSR count). The average molecular weight is 565 g/mol. The predicted molar refractivity (Wildman–Crippen MR) is 122 cm³/mol. The van der Waals surface area contributed by atoms with Gasteiger partial charge in [-0.25, -0.2) is 0 Å². The first-order valence-electron chi connectivity index (χ1n) is 13.1. The van der Waals surface area contributed by atoms with Gasteiger partial charge in [-0.1, -0.05) is 0 Å². The number of fused-ring (bicyclic) bond motifs is 6. The van der Waals surface area contributed by atoms with Crippen molar-refractivity contribution in [3.63, 3.8) is 0 Å². The van der Waals surface area contributed by atoms with Gasteiger partial charge >= 0.3 is 209 Å². The average Bonchev–Trinajstić information content (AvgIpc) is 3.36. The van der Waals surface area contributed by atoms with Crippen molar-refractivity contribution in [1.29, 1.82) is 5.26 Å². The maximum absolute atomic E-state index is 12.0. The van der Waals surface area contributed by atoms with Crippen LogP contribution in [0, 0.1) is 52.3 Å². The van der Waals surface area contributed by atoms with Crippen LogP contribution in [0.3, 0.4) is 0 Å². The van der Waals surface area contributed by atoms with Crippen LogP contribution in [0.15, 0.2) is 12.4 Å². The monoisotopic (exact) mass is 564 g/mol. The van der Waals surface area contributed by atoms with Gasteiger partial charge in [0.15, 0.2) is 0 Å². The molecule has 182 valence electrons. The predicted octanol–water partition coefficient (Wildman–Crippen LogP) is 0.975. The summed E-state index contributed by atoms with van der Waals surface area (Å²) in [5.41, 5.74) is -0.465. The molecule has 5 nitrogen and oxygen atoms in total. The third-order valence-corrected chi connectivity index (χ3v) is 14.5. The molecule has 0 spiro atoms. The standard InChI is InChI=1S/C27H39IN3O2/c1-25(32)8-6-18-17(11-25)4-5-20-19(18)7-9-26(2)21(20)10-22-23(28-22)24(26)27(3,33)15-31-14-16(12-29)13-30-31/h13-14,17-24,32-33H,4-11,15H2,1-3H3/q-1/t17-,18+,19-,20-,21+,22-,23-,24+,25-,26+,27+/m1/s1. The van der Waals surface area contributed by atoms with Gasteiger partial charge in [-0.05, 0) is 0 Å². The molecular formula is C27H39IN3O2-. The van der Waals surface area contributed by atoms with Gasteiger partial charge in [0.2, 0.25) is 0 Å². The number of hydrogen-bond donors (Lipinski definition) is 2. The maximum atomic E-state index is 12.0. The Morgan fingerprint density at radius 2 is 2.00 bits per heavy atom. The molecule has 5 aliphatic rings. The van der Waals surface area contributed by atoms with E-state index in [1.807, 2.05) is 0 Å². The molecule has 1 aromatic rings. The quantitative estimate of drug-likeness (QED) is 0.424. The number of hydrogen-bond acceptors (Lipinski definition) is 4. The van der Waals surface area contributed by atoms with Crippen molar-refractivity contribution in [2.45, 2.75) is 97.7 Å². The van der Waals surface area contributed by atoms with Gasteiger partial charge in [0.25, 0.3) is 0 Å². The molecule has 0 bridgehead atoms. The Morgan fingerprint density at radius 3 is 2.76 bits per heavy atom. The molecule has 0 amide bonds. The number of rotatable bonds is 3. The number of halogens is 1. The summed E-state index contributed by atoms with van der Waals surface area (Å²) in [4.78, 5) is 0. The van der Waals surface area contributed by atoms with E-state index in [4.69, 9.17) is 0 Å². The third kappa shape index (κ3) is 3.71. The van der Waals surface area contributed by atoms with E-state index >= 15 is 0 Å². The van der Waals surface area contributed by atoms with Crippen LogP contribution in [0.5, 0.6) is 0 Å². The molecule has 1 aromatic heterocycles. The SMILES string of the molecule is C[C@@]1(O)CC[C@H]2[C@H](CC[C@@H]3[C@@H]2CC[C@@]2(C)[C@H]3C[C@H]3[I-][C@H]3[C@@H]2[C@@](C)(O)Cn2cc(C#N)cn2)C1. The Labute approximate surface area is 208 Å². The molecule has 5 fully saturated rings. The topological polar surface area (TPSA) is 82.1 Å². The Hall–Kier alpha value is -0.650. The van der Waals surface area contributed by atoms with Crippen LogP contribution >= 0.6 is 0 Å². The molecule has 0 unspecified atom stereocenters. The molecule has 2 N–H and O–H groups in total. The minimum atomic E-state index is -0.793. The Morgan fingerprint density at radius 1 is 1.21 bits per heavy atom. The zero-order chi connectivity index (χ0) is 23.2. The number of aliphatic hydroxyl groups is 2. The van der Waals surface area contributed by atoms with Gasteiger partial charge in [-0.2, -0.15) is 0 Å². The third-order valence-electron chi connectivity index (χ3n) is 10.7. The van der Waals surface area contributed by atoms with E-state index in [0.29, 0.717) is 18.0 Å². The fourth-order valence-electron chi connectivity index (χ4n) is 9.46. The van der Waals surface area contributed by atoms with Crippen molar-refractivity contribution in [2.24, 2.45) is 40.9 Å². The summed E-state index contributed by atoms with van der Waals surface area (Å²) < 4.78 is 3.45. The van der Waals surface area contributed by atoms with Crippen molar-refractivity contribution >= 4 is 0 Å². The molecule has 1 saturated heterocycles. The van der Waals surface area contributed by atoms with Gasteiger partial charge in [0.05, 0.1) is 0 Å². The Kier molecular flexibility index (Phi) is 5.30. The van der Waals surface area contributed by atoms with Crippen LogP contribution in [0.25, 0.3) is 0 Å². The molecule has 11 atom stereocenters. The molecular weight excluding hydrogens is 525 g/mol. The second-order valence-corrected chi connectivity index (χ2v) is 16.7. The molecule has 0 radical (unpaired) electrons. The van der Waals surface area contributed by atoms with Gasteiger partial charge in [0, 0.05) is 0 Å². The van der Waals surface area contributed by atoms with Crippen LogP contribution in [0.4, 0.5) is 0 Å². The van der Waals surface area contributed by atoms with Crippen molar-refractivity contribution in [3.05, 3.63) is 18.0 Å². The zero-order valence-corrected chi connectivity index (χ0v) is 22.4. The van der Waals surface area contributed by atoms with E-state index in [1.165, 1.54) is 38.5 Å². The van der Waals surface area contributed by atoms with Crippen LogP contribution < -0.4 is 21.2 Å². The molecule has 6 heteroatoms. The summed E-state index contributed by atoms with van der Waals surface area (Å²) in [6, 6.07) is 2.17. The van der Waals surface area contributed by atoms with E-state index < -0.39 is 11.2 Å².